The molecule has 0 radical (unpaired) electrons. The lowest BCUT2D eigenvalue weighted by Gasteiger charge is -2.28. The molecule has 3 aromatic rings. The Balaban J connectivity index is 1.72. The lowest BCUT2D eigenvalue weighted by molar-refractivity contribution is 0.0699. The zero-order valence-corrected chi connectivity index (χ0v) is 13.6. The van der Waals surface area contributed by atoms with Gasteiger partial charge in [-0.25, -0.2) is 14.3 Å². The average Bonchev–Trinajstić information content (AvgIpc) is 3.07. The maximum Gasteiger partial charge on any atom is 0.341 e. The molecule has 0 spiro atoms. The van der Waals surface area contributed by atoms with Crippen molar-refractivity contribution in [1.29, 1.82) is 0 Å². The number of carboxylic acid groups (broad SMARTS) is 1. The summed E-state index contributed by atoms with van der Waals surface area (Å²) in [5.74, 6) is -1.12. The molecule has 2 aromatic heterocycles. The lowest BCUT2D eigenvalue weighted by Crippen LogP contribution is -2.29. The number of hydrogen-bond donors (Lipinski definition) is 2. The number of nitrogens with one attached hydrogen (secondary N) is 1. The molecule has 0 bridgehead atoms. The van der Waals surface area contributed by atoms with E-state index < -0.39 is 5.97 Å². The summed E-state index contributed by atoms with van der Waals surface area (Å²) in [5.41, 5.74) is 2.18. The van der Waals surface area contributed by atoms with Gasteiger partial charge in [0.15, 0.2) is 5.65 Å². The zero-order chi connectivity index (χ0) is 17.4. The van der Waals surface area contributed by atoms with Crippen LogP contribution in [0.2, 0.25) is 0 Å². The highest BCUT2D eigenvalue weighted by molar-refractivity contribution is 5.94. The molecule has 4 rings (SSSR count). The summed E-state index contributed by atoms with van der Waals surface area (Å²) in [6.07, 6.45) is 4.98. The van der Waals surface area contributed by atoms with E-state index in [0.29, 0.717) is 5.69 Å². The number of rotatable bonds is 3. The number of piperidine rings is 1. The van der Waals surface area contributed by atoms with Crippen LogP contribution < -0.4 is 10.5 Å². The van der Waals surface area contributed by atoms with Gasteiger partial charge in [-0.1, -0.05) is 12.1 Å². The second kappa shape index (κ2) is 6.08. The smallest absolute Gasteiger partial charge is 0.341 e. The second-order valence-corrected chi connectivity index (χ2v) is 6.23. The van der Waals surface area contributed by atoms with Gasteiger partial charge in [0, 0.05) is 36.6 Å². The van der Waals surface area contributed by atoms with Gasteiger partial charge in [-0.05, 0) is 31.4 Å². The fourth-order valence-corrected chi connectivity index (χ4v) is 3.28. The largest absolute Gasteiger partial charge is 0.477 e. The van der Waals surface area contributed by atoms with Crippen LogP contribution in [-0.2, 0) is 0 Å². The number of aromatic carboxylic acids is 1. The minimum atomic E-state index is -1.12. The summed E-state index contributed by atoms with van der Waals surface area (Å²) < 4.78 is 1.13. The molecule has 7 nitrogen and oxygen atoms in total. The summed E-state index contributed by atoms with van der Waals surface area (Å²) in [6.45, 7) is 2.13. The van der Waals surface area contributed by atoms with Gasteiger partial charge in [0.2, 0.25) is 0 Å². The van der Waals surface area contributed by atoms with Crippen molar-refractivity contribution in [1.82, 2.24) is 14.6 Å². The number of aromatic nitrogens is 3. The maximum atomic E-state index is 12.2. The first-order valence-electron chi connectivity index (χ1n) is 8.33. The topological polar surface area (TPSA) is 90.7 Å². The Hall–Kier alpha value is -3.09. The number of nitrogens with zero attached hydrogens (tertiary/aromatic N) is 3. The van der Waals surface area contributed by atoms with Crippen molar-refractivity contribution in [3.63, 3.8) is 0 Å². The first-order chi connectivity index (χ1) is 12.1. The predicted octanol–water partition coefficient (Wildman–Crippen LogP) is 2.38. The number of hydrogen-bond acceptors (Lipinski definition) is 4. The molecule has 1 aromatic carbocycles. The standard InChI is InChI=1S/C18H18N4O3/c23-16-10-15(20-17-14(18(24)25)11-19-22(16)17)12-4-6-13(7-5-12)21-8-2-1-3-9-21/h4-7,10-11,19H,1-3,8-9H2,(H,24,25). The molecule has 1 fully saturated rings. The van der Waals surface area contributed by atoms with Gasteiger partial charge in [0.1, 0.15) is 5.56 Å². The quantitative estimate of drug-likeness (QED) is 0.765. The molecule has 2 N–H and O–H groups in total. The number of fused-ring (bicyclic) bond motifs is 1. The van der Waals surface area contributed by atoms with Crippen LogP contribution in [0, 0.1) is 0 Å². The summed E-state index contributed by atoms with van der Waals surface area (Å²) >= 11 is 0. The van der Waals surface area contributed by atoms with Crippen LogP contribution in [-0.4, -0.2) is 38.8 Å². The SMILES string of the molecule is O=C(O)c1c[nH]n2c(=O)cc(-c3ccc(N4CCCCC4)cc3)nc12. The van der Waals surface area contributed by atoms with E-state index in [4.69, 9.17) is 0 Å². The molecule has 3 heterocycles. The van der Waals surface area contributed by atoms with Crippen LogP contribution in [0.3, 0.4) is 0 Å². The van der Waals surface area contributed by atoms with Crippen molar-refractivity contribution in [2.45, 2.75) is 19.3 Å². The van der Waals surface area contributed by atoms with Gasteiger partial charge in [0.25, 0.3) is 5.56 Å². The highest BCUT2D eigenvalue weighted by Crippen LogP contribution is 2.24. The molecule has 7 heteroatoms. The molecule has 0 atom stereocenters. The van der Waals surface area contributed by atoms with Gasteiger partial charge in [-0.3, -0.25) is 9.89 Å². The second-order valence-electron chi connectivity index (χ2n) is 6.23. The number of aromatic amines is 1. The summed E-state index contributed by atoms with van der Waals surface area (Å²) in [5, 5.41) is 11.8. The number of anilines is 1. The van der Waals surface area contributed by atoms with E-state index in [-0.39, 0.29) is 16.8 Å². The molecule has 0 saturated carbocycles. The maximum absolute atomic E-state index is 12.2. The first-order valence-corrected chi connectivity index (χ1v) is 8.33. The van der Waals surface area contributed by atoms with Crippen LogP contribution in [0.25, 0.3) is 16.9 Å². The van der Waals surface area contributed by atoms with Gasteiger partial charge in [-0.15, -0.1) is 0 Å². The van der Waals surface area contributed by atoms with Crippen molar-refractivity contribution < 1.29 is 9.90 Å². The van der Waals surface area contributed by atoms with E-state index >= 15 is 0 Å². The Bertz CT molecular complexity index is 982. The van der Waals surface area contributed by atoms with Crippen LogP contribution in [0.15, 0.2) is 41.3 Å². The molecular weight excluding hydrogens is 320 g/mol. The predicted molar refractivity (Wildman–Crippen MR) is 94.3 cm³/mol. The minimum absolute atomic E-state index is 0.0242. The molecule has 0 unspecified atom stereocenters. The lowest BCUT2D eigenvalue weighted by atomic mass is 10.1. The Morgan fingerprint density at radius 2 is 1.84 bits per heavy atom. The number of benzene rings is 1. The molecule has 1 saturated heterocycles. The van der Waals surface area contributed by atoms with Gasteiger partial charge in [-0.2, -0.15) is 0 Å². The van der Waals surface area contributed by atoms with E-state index in [9.17, 15) is 14.7 Å². The third-order valence-corrected chi connectivity index (χ3v) is 4.61. The van der Waals surface area contributed by atoms with E-state index in [1.165, 1.54) is 31.5 Å². The highest BCUT2D eigenvalue weighted by atomic mass is 16.4. The van der Waals surface area contributed by atoms with E-state index in [1.807, 2.05) is 24.3 Å². The van der Waals surface area contributed by atoms with Crippen molar-refractivity contribution in [3.05, 3.63) is 52.4 Å². The molecule has 0 amide bonds. The van der Waals surface area contributed by atoms with E-state index in [2.05, 4.69) is 15.0 Å². The van der Waals surface area contributed by atoms with Crippen molar-refractivity contribution >= 4 is 17.3 Å². The summed E-state index contributed by atoms with van der Waals surface area (Å²) in [6, 6.07) is 9.31. The fourth-order valence-electron chi connectivity index (χ4n) is 3.28. The number of H-pyrrole nitrogens is 1. The Morgan fingerprint density at radius 1 is 1.12 bits per heavy atom. The van der Waals surface area contributed by atoms with Crippen LogP contribution >= 0.6 is 0 Å². The van der Waals surface area contributed by atoms with E-state index in [1.54, 1.807) is 0 Å². The molecule has 0 aliphatic carbocycles. The fraction of sp³-hybridized carbons (Fsp3) is 0.278. The number of carboxylic acids is 1. The monoisotopic (exact) mass is 338 g/mol. The van der Waals surface area contributed by atoms with Crippen LogP contribution in [0.5, 0.6) is 0 Å². The third kappa shape index (κ3) is 2.77. The Labute approximate surface area is 143 Å². The van der Waals surface area contributed by atoms with Crippen LogP contribution in [0.4, 0.5) is 5.69 Å². The van der Waals surface area contributed by atoms with Gasteiger partial charge in [0.05, 0.1) is 5.69 Å². The Morgan fingerprint density at radius 3 is 2.52 bits per heavy atom. The minimum Gasteiger partial charge on any atom is -0.477 e. The third-order valence-electron chi connectivity index (χ3n) is 4.61. The summed E-state index contributed by atoms with van der Waals surface area (Å²) in [7, 11) is 0. The first kappa shape index (κ1) is 15.4. The normalized spacial score (nSPS) is 14.8. The van der Waals surface area contributed by atoms with Crippen molar-refractivity contribution in [3.8, 4) is 11.3 Å². The van der Waals surface area contributed by atoms with Gasteiger partial charge < -0.3 is 10.0 Å². The van der Waals surface area contributed by atoms with Crippen molar-refractivity contribution in [2.75, 3.05) is 18.0 Å². The average molecular weight is 338 g/mol. The molecule has 25 heavy (non-hydrogen) atoms. The summed E-state index contributed by atoms with van der Waals surface area (Å²) in [4.78, 5) is 30.2. The Kier molecular flexibility index (Phi) is 3.76. The zero-order valence-electron chi connectivity index (χ0n) is 13.6. The van der Waals surface area contributed by atoms with Crippen LogP contribution in [0.1, 0.15) is 29.6 Å². The van der Waals surface area contributed by atoms with E-state index in [0.717, 1.165) is 28.9 Å². The molecule has 1 aliphatic heterocycles. The molecule has 1 aliphatic rings. The number of carbonyl (C=O) groups is 1. The van der Waals surface area contributed by atoms with Crippen molar-refractivity contribution in [2.24, 2.45) is 0 Å². The van der Waals surface area contributed by atoms with Gasteiger partial charge >= 0.3 is 5.97 Å². The molecular formula is C18H18N4O3. The highest BCUT2D eigenvalue weighted by Gasteiger charge is 2.15. The molecule has 128 valence electrons.